The molecule has 0 spiro atoms. The summed E-state index contributed by atoms with van der Waals surface area (Å²) in [6, 6.07) is 0. The zero-order valence-corrected chi connectivity index (χ0v) is 10.4. The van der Waals surface area contributed by atoms with E-state index in [1.807, 2.05) is 11.3 Å². The number of aliphatic hydroxyl groups is 1. The van der Waals surface area contributed by atoms with Gasteiger partial charge in [0, 0.05) is 17.8 Å². The van der Waals surface area contributed by atoms with E-state index in [9.17, 15) is 5.11 Å². The van der Waals surface area contributed by atoms with Gasteiger partial charge in [0.25, 0.3) is 0 Å². The van der Waals surface area contributed by atoms with E-state index < -0.39 is 5.60 Å². The Morgan fingerprint density at radius 3 is 3.06 bits per heavy atom. The van der Waals surface area contributed by atoms with Gasteiger partial charge in [-0.15, -0.1) is 11.3 Å². The number of aryl methyl sites for hydroxylation is 1. The van der Waals surface area contributed by atoms with Crippen LogP contribution >= 0.6 is 11.3 Å². The summed E-state index contributed by atoms with van der Waals surface area (Å²) >= 11 is 1.90. The minimum absolute atomic E-state index is 0.480. The highest BCUT2D eigenvalue weighted by atomic mass is 32.1. The number of hydrogen-bond acceptors (Lipinski definition) is 3. The summed E-state index contributed by atoms with van der Waals surface area (Å²) in [6.45, 7) is 1.72. The van der Waals surface area contributed by atoms with Crippen LogP contribution in [0.25, 0.3) is 0 Å². The fraction of sp³-hybridized carbons (Fsp3) is 0.692. The Labute approximate surface area is 101 Å². The maximum absolute atomic E-state index is 10.4. The number of β-amino-alcohol motifs (C(OH)–C–C–N with tert-alkyl or cyclic N) is 1. The molecule has 0 amide bonds. The molecule has 1 fully saturated rings. The quantitative estimate of drug-likeness (QED) is 0.823. The summed E-state index contributed by atoms with van der Waals surface area (Å²) < 4.78 is 0. The topological polar surface area (TPSA) is 32.3 Å². The van der Waals surface area contributed by atoms with Gasteiger partial charge in [-0.25, -0.2) is 0 Å². The first-order chi connectivity index (χ1) is 7.77. The van der Waals surface area contributed by atoms with Crippen molar-refractivity contribution in [1.29, 1.82) is 0 Å². The molecule has 1 aromatic rings. The fourth-order valence-corrected chi connectivity index (χ4v) is 4.09. The Kier molecular flexibility index (Phi) is 2.78. The standard InChI is InChI=1S/C13H19NOS/c15-13(5-6-14-9-13)7-10-8-16-12-4-2-1-3-11(10)12/h8,14-15H,1-7,9H2. The second kappa shape index (κ2) is 4.13. The lowest BCUT2D eigenvalue weighted by Crippen LogP contribution is -2.34. The maximum Gasteiger partial charge on any atom is 0.0824 e. The summed E-state index contributed by atoms with van der Waals surface area (Å²) in [7, 11) is 0. The molecule has 3 heteroatoms. The highest BCUT2D eigenvalue weighted by Gasteiger charge is 2.32. The molecule has 1 aliphatic carbocycles. The maximum atomic E-state index is 10.4. The number of rotatable bonds is 2. The molecule has 88 valence electrons. The predicted octanol–water partition coefficient (Wildman–Crippen LogP) is 1.89. The summed E-state index contributed by atoms with van der Waals surface area (Å²) in [5.41, 5.74) is 2.51. The average Bonchev–Trinajstić information content (AvgIpc) is 2.87. The van der Waals surface area contributed by atoms with Gasteiger partial charge < -0.3 is 10.4 Å². The fourth-order valence-electron chi connectivity index (χ4n) is 2.95. The second-order valence-electron chi connectivity index (χ2n) is 5.20. The van der Waals surface area contributed by atoms with Crippen molar-refractivity contribution in [3.8, 4) is 0 Å². The Morgan fingerprint density at radius 1 is 1.38 bits per heavy atom. The average molecular weight is 237 g/mol. The van der Waals surface area contributed by atoms with Gasteiger partial charge in [-0.2, -0.15) is 0 Å². The molecule has 0 aromatic carbocycles. The molecular weight excluding hydrogens is 218 g/mol. The van der Waals surface area contributed by atoms with E-state index in [0.717, 1.165) is 25.9 Å². The minimum atomic E-state index is -0.480. The Hall–Kier alpha value is -0.380. The van der Waals surface area contributed by atoms with E-state index in [1.54, 1.807) is 10.4 Å². The summed E-state index contributed by atoms with van der Waals surface area (Å²) in [6.07, 6.45) is 6.92. The number of hydrogen-bond donors (Lipinski definition) is 2. The van der Waals surface area contributed by atoms with Crippen molar-refractivity contribution >= 4 is 11.3 Å². The highest BCUT2D eigenvalue weighted by Crippen LogP contribution is 2.33. The van der Waals surface area contributed by atoms with Crippen molar-refractivity contribution in [3.63, 3.8) is 0 Å². The first kappa shape index (κ1) is 10.8. The van der Waals surface area contributed by atoms with E-state index in [1.165, 1.54) is 31.2 Å². The van der Waals surface area contributed by atoms with Crippen LogP contribution in [0.15, 0.2) is 5.38 Å². The van der Waals surface area contributed by atoms with Crippen molar-refractivity contribution in [1.82, 2.24) is 5.32 Å². The van der Waals surface area contributed by atoms with Crippen molar-refractivity contribution in [2.75, 3.05) is 13.1 Å². The molecule has 0 radical (unpaired) electrons. The van der Waals surface area contributed by atoms with Crippen molar-refractivity contribution in [2.24, 2.45) is 0 Å². The Balaban J connectivity index is 1.81. The van der Waals surface area contributed by atoms with Crippen LogP contribution in [0.3, 0.4) is 0 Å². The molecule has 2 aliphatic rings. The van der Waals surface area contributed by atoms with Crippen LogP contribution in [0, 0.1) is 0 Å². The van der Waals surface area contributed by atoms with E-state index in [4.69, 9.17) is 0 Å². The van der Waals surface area contributed by atoms with Gasteiger partial charge in [-0.3, -0.25) is 0 Å². The molecule has 16 heavy (non-hydrogen) atoms. The van der Waals surface area contributed by atoms with Crippen LogP contribution in [-0.2, 0) is 19.3 Å². The van der Waals surface area contributed by atoms with Crippen LogP contribution in [0.4, 0.5) is 0 Å². The lowest BCUT2D eigenvalue weighted by atomic mass is 9.89. The molecule has 0 saturated carbocycles. The number of fused-ring (bicyclic) bond motifs is 1. The van der Waals surface area contributed by atoms with Gasteiger partial charge in [0.2, 0.25) is 0 Å². The Bertz CT molecular complexity index is 379. The van der Waals surface area contributed by atoms with Crippen molar-refractivity contribution < 1.29 is 5.11 Å². The molecule has 1 aliphatic heterocycles. The van der Waals surface area contributed by atoms with Crippen molar-refractivity contribution in [2.45, 2.75) is 44.1 Å². The van der Waals surface area contributed by atoms with Gasteiger partial charge in [0.15, 0.2) is 0 Å². The predicted molar refractivity (Wildman–Crippen MR) is 67.1 cm³/mol. The lowest BCUT2D eigenvalue weighted by Gasteiger charge is -2.22. The summed E-state index contributed by atoms with van der Waals surface area (Å²) in [5.74, 6) is 0. The smallest absolute Gasteiger partial charge is 0.0824 e. The molecule has 3 rings (SSSR count). The molecule has 1 saturated heterocycles. The van der Waals surface area contributed by atoms with Crippen LogP contribution in [0.5, 0.6) is 0 Å². The van der Waals surface area contributed by atoms with E-state index in [0.29, 0.717) is 0 Å². The molecular formula is C13H19NOS. The molecule has 2 nitrogen and oxygen atoms in total. The van der Waals surface area contributed by atoms with E-state index >= 15 is 0 Å². The van der Waals surface area contributed by atoms with Crippen LogP contribution in [0.1, 0.15) is 35.3 Å². The SMILES string of the molecule is OC1(Cc2csc3c2CCCC3)CCNC1. The van der Waals surface area contributed by atoms with Crippen molar-refractivity contribution in [3.05, 3.63) is 21.4 Å². The van der Waals surface area contributed by atoms with Gasteiger partial charge >= 0.3 is 0 Å². The molecule has 1 unspecified atom stereocenters. The third kappa shape index (κ3) is 1.92. The first-order valence-corrected chi connectivity index (χ1v) is 7.16. The second-order valence-corrected chi connectivity index (χ2v) is 6.16. The monoisotopic (exact) mass is 237 g/mol. The number of thiophene rings is 1. The zero-order chi connectivity index (χ0) is 11.0. The molecule has 1 aromatic heterocycles. The summed E-state index contributed by atoms with van der Waals surface area (Å²) in [5, 5.41) is 15.9. The largest absolute Gasteiger partial charge is 0.388 e. The van der Waals surface area contributed by atoms with Crippen LogP contribution < -0.4 is 5.32 Å². The van der Waals surface area contributed by atoms with Gasteiger partial charge in [0.1, 0.15) is 0 Å². The van der Waals surface area contributed by atoms with Gasteiger partial charge in [0.05, 0.1) is 5.60 Å². The third-order valence-electron chi connectivity index (χ3n) is 3.89. The first-order valence-electron chi connectivity index (χ1n) is 6.28. The van der Waals surface area contributed by atoms with Crippen LogP contribution in [-0.4, -0.2) is 23.8 Å². The number of nitrogens with one attached hydrogen (secondary N) is 1. The highest BCUT2D eigenvalue weighted by molar-refractivity contribution is 7.10. The molecule has 2 N–H and O–H groups in total. The molecule has 1 atom stereocenters. The lowest BCUT2D eigenvalue weighted by molar-refractivity contribution is 0.0617. The Morgan fingerprint density at radius 2 is 2.25 bits per heavy atom. The van der Waals surface area contributed by atoms with Gasteiger partial charge in [-0.05, 0) is 55.2 Å². The van der Waals surface area contributed by atoms with E-state index in [2.05, 4.69) is 10.7 Å². The molecule has 0 bridgehead atoms. The van der Waals surface area contributed by atoms with Gasteiger partial charge in [-0.1, -0.05) is 0 Å². The molecule has 2 heterocycles. The minimum Gasteiger partial charge on any atom is -0.388 e. The zero-order valence-electron chi connectivity index (χ0n) is 9.59. The normalized spacial score (nSPS) is 29.3. The van der Waals surface area contributed by atoms with E-state index in [-0.39, 0.29) is 0 Å². The third-order valence-corrected chi connectivity index (χ3v) is 5.03. The van der Waals surface area contributed by atoms with Crippen LogP contribution in [0.2, 0.25) is 0 Å². The summed E-state index contributed by atoms with van der Waals surface area (Å²) in [4.78, 5) is 1.58.